The fourth-order valence-electron chi connectivity index (χ4n) is 2.38. The average molecular weight is 345 g/mol. The van der Waals surface area contributed by atoms with Gasteiger partial charge < -0.3 is 5.32 Å². The summed E-state index contributed by atoms with van der Waals surface area (Å²) >= 11 is 7.74. The summed E-state index contributed by atoms with van der Waals surface area (Å²) in [6.45, 7) is 0. The highest BCUT2D eigenvalue weighted by Crippen LogP contribution is 2.32. The Morgan fingerprint density at radius 2 is 1.70 bits per heavy atom. The summed E-state index contributed by atoms with van der Waals surface area (Å²) in [5, 5.41) is 5.83. The van der Waals surface area contributed by atoms with Gasteiger partial charge in [0.25, 0.3) is 11.8 Å². The Hall–Kier alpha value is -2.24. The van der Waals surface area contributed by atoms with Gasteiger partial charge in [-0.05, 0) is 24.5 Å². The molecule has 0 bridgehead atoms. The highest BCUT2D eigenvalue weighted by Gasteiger charge is 2.32. The number of anilines is 1. The van der Waals surface area contributed by atoms with Crippen molar-refractivity contribution < 1.29 is 9.59 Å². The standard InChI is InChI=1S/C17H13ClN2O2S/c1-23-13-9-5-4-8-12(13)19-15-14(16(21)20-17(15)22)10-6-2-3-7-11(10)18/h2-9H,1H3,(H2,19,20,21,22). The van der Waals surface area contributed by atoms with E-state index in [-0.39, 0.29) is 11.3 Å². The maximum Gasteiger partial charge on any atom is 0.275 e. The van der Waals surface area contributed by atoms with Crippen LogP contribution in [0, 0.1) is 0 Å². The largest absolute Gasteiger partial charge is 0.349 e. The van der Waals surface area contributed by atoms with Gasteiger partial charge in [-0.25, -0.2) is 0 Å². The van der Waals surface area contributed by atoms with Crippen molar-refractivity contribution in [2.45, 2.75) is 4.90 Å². The molecule has 0 aromatic heterocycles. The molecule has 3 rings (SSSR count). The smallest absolute Gasteiger partial charge is 0.275 e. The van der Waals surface area contributed by atoms with E-state index in [0.717, 1.165) is 10.6 Å². The zero-order chi connectivity index (χ0) is 16.4. The van der Waals surface area contributed by atoms with Gasteiger partial charge in [-0.3, -0.25) is 14.9 Å². The fraction of sp³-hybridized carbons (Fsp3) is 0.0588. The lowest BCUT2D eigenvalue weighted by Crippen LogP contribution is -2.24. The maximum absolute atomic E-state index is 12.2. The average Bonchev–Trinajstić information content (AvgIpc) is 2.82. The molecule has 1 aliphatic rings. The van der Waals surface area contributed by atoms with Gasteiger partial charge in [0.2, 0.25) is 0 Å². The van der Waals surface area contributed by atoms with Gasteiger partial charge in [0, 0.05) is 15.5 Å². The van der Waals surface area contributed by atoms with E-state index in [4.69, 9.17) is 11.6 Å². The van der Waals surface area contributed by atoms with Crippen LogP contribution in [0.3, 0.4) is 0 Å². The van der Waals surface area contributed by atoms with Gasteiger partial charge in [-0.2, -0.15) is 0 Å². The highest BCUT2D eigenvalue weighted by molar-refractivity contribution is 7.98. The summed E-state index contributed by atoms with van der Waals surface area (Å²) in [6.07, 6.45) is 1.95. The summed E-state index contributed by atoms with van der Waals surface area (Å²) in [5.74, 6) is -0.909. The Kier molecular flexibility index (Phi) is 4.41. The topological polar surface area (TPSA) is 58.2 Å². The third kappa shape index (κ3) is 2.98. The number of halogens is 1. The van der Waals surface area contributed by atoms with Crippen molar-refractivity contribution in [1.29, 1.82) is 0 Å². The molecule has 2 N–H and O–H groups in total. The van der Waals surface area contributed by atoms with E-state index >= 15 is 0 Å². The lowest BCUT2D eigenvalue weighted by Gasteiger charge is -2.11. The molecule has 6 heteroatoms. The van der Waals surface area contributed by atoms with E-state index in [1.807, 2.05) is 30.5 Å². The number of hydrogen-bond acceptors (Lipinski definition) is 4. The Morgan fingerprint density at radius 1 is 1.00 bits per heavy atom. The minimum absolute atomic E-state index is 0.213. The number of carbonyl (C=O) groups excluding carboxylic acids is 2. The molecule has 116 valence electrons. The number of para-hydroxylation sites is 1. The molecule has 2 aromatic rings. The molecule has 0 aliphatic carbocycles. The molecule has 0 saturated heterocycles. The number of rotatable bonds is 4. The number of benzene rings is 2. The zero-order valence-corrected chi connectivity index (χ0v) is 13.8. The molecule has 2 amide bonds. The predicted octanol–water partition coefficient (Wildman–Crippen LogP) is 3.54. The van der Waals surface area contributed by atoms with Gasteiger partial charge in [-0.1, -0.05) is 41.9 Å². The van der Waals surface area contributed by atoms with Crippen LogP contribution in [-0.4, -0.2) is 18.1 Å². The van der Waals surface area contributed by atoms with Gasteiger partial charge in [0.05, 0.1) is 11.3 Å². The lowest BCUT2D eigenvalue weighted by atomic mass is 10.0. The molecule has 2 aromatic carbocycles. The quantitative estimate of drug-likeness (QED) is 0.658. The van der Waals surface area contributed by atoms with Crippen LogP contribution < -0.4 is 10.6 Å². The normalized spacial score (nSPS) is 14.2. The van der Waals surface area contributed by atoms with Crippen molar-refractivity contribution >= 4 is 46.4 Å². The van der Waals surface area contributed by atoms with Crippen LogP contribution in [0.5, 0.6) is 0 Å². The molecule has 0 unspecified atom stereocenters. The van der Waals surface area contributed by atoms with Crippen molar-refractivity contribution in [3.63, 3.8) is 0 Å². The van der Waals surface area contributed by atoms with Gasteiger partial charge in [0.15, 0.2) is 0 Å². The zero-order valence-electron chi connectivity index (χ0n) is 12.2. The number of hydrogen-bond donors (Lipinski definition) is 2. The van der Waals surface area contributed by atoms with E-state index in [0.29, 0.717) is 10.6 Å². The second-order valence-corrected chi connectivity index (χ2v) is 6.09. The molecule has 0 spiro atoms. The molecule has 1 aliphatic heterocycles. The third-order valence-electron chi connectivity index (χ3n) is 3.44. The van der Waals surface area contributed by atoms with Crippen LogP contribution in [0.1, 0.15) is 5.56 Å². The summed E-state index contributed by atoms with van der Waals surface area (Å²) in [5.41, 5.74) is 1.77. The van der Waals surface area contributed by atoms with E-state index in [1.165, 1.54) is 0 Å². The second kappa shape index (κ2) is 6.48. The summed E-state index contributed by atoms with van der Waals surface area (Å²) in [4.78, 5) is 25.4. The Balaban J connectivity index is 2.11. The van der Waals surface area contributed by atoms with Gasteiger partial charge in [-0.15, -0.1) is 11.8 Å². The number of nitrogens with one attached hydrogen (secondary N) is 2. The summed E-state index contributed by atoms with van der Waals surface area (Å²) in [7, 11) is 0. The van der Waals surface area contributed by atoms with E-state index in [1.54, 1.807) is 36.0 Å². The second-order valence-electron chi connectivity index (χ2n) is 4.84. The van der Waals surface area contributed by atoms with Gasteiger partial charge in [0.1, 0.15) is 5.70 Å². The number of imide groups is 1. The first-order valence-electron chi connectivity index (χ1n) is 6.86. The van der Waals surface area contributed by atoms with Crippen LogP contribution in [0.15, 0.2) is 59.1 Å². The van der Waals surface area contributed by atoms with E-state index < -0.39 is 11.8 Å². The minimum Gasteiger partial charge on any atom is -0.349 e. The van der Waals surface area contributed by atoms with Crippen LogP contribution >= 0.6 is 23.4 Å². The molecule has 1 heterocycles. The lowest BCUT2D eigenvalue weighted by molar-refractivity contribution is -0.123. The number of carbonyl (C=O) groups is 2. The maximum atomic E-state index is 12.2. The van der Waals surface area contributed by atoms with Gasteiger partial charge >= 0.3 is 0 Å². The van der Waals surface area contributed by atoms with Crippen LogP contribution in [-0.2, 0) is 9.59 Å². The van der Waals surface area contributed by atoms with Crippen molar-refractivity contribution in [3.8, 4) is 0 Å². The Morgan fingerprint density at radius 3 is 2.43 bits per heavy atom. The summed E-state index contributed by atoms with van der Waals surface area (Å²) in [6, 6.07) is 14.5. The molecule has 23 heavy (non-hydrogen) atoms. The van der Waals surface area contributed by atoms with Crippen molar-refractivity contribution in [2.75, 3.05) is 11.6 Å². The summed E-state index contributed by atoms with van der Waals surface area (Å²) < 4.78 is 0. The molecule has 0 radical (unpaired) electrons. The monoisotopic (exact) mass is 344 g/mol. The van der Waals surface area contributed by atoms with E-state index in [9.17, 15) is 9.59 Å². The van der Waals surface area contributed by atoms with Crippen LogP contribution in [0.25, 0.3) is 5.57 Å². The molecule has 0 saturated carbocycles. The highest BCUT2D eigenvalue weighted by atomic mass is 35.5. The molecule has 4 nitrogen and oxygen atoms in total. The number of thioether (sulfide) groups is 1. The molecular formula is C17H13ClN2O2S. The number of amides is 2. The fourth-order valence-corrected chi connectivity index (χ4v) is 3.16. The Bertz CT molecular complexity index is 833. The van der Waals surface area contributed by atoms with Crippen LogP contribution in [0.4, 0.5) is 5.69 Å². The van der Waals surface area contributed by atoms with Crippen molar-refractivity contribution in [1.82, 2.24) is 5.32 Å². The Labute approximate surface area is 142 Å². The predicted molar refractivity (Wildman–Crippen MR) is 93.4 cm³/mol. The minimum atomic E-state index is -0.458. The first kappa shape index (κ1) is 15.6. The molecule has 0 atom stereocenters. The first-order valence-corrected chi connectivity index (χ1v) is 8.47. The SMILES string of the molecule is CSc1ccccc1NC1=C(c2ccccc2Cl)C(=O)NC1=O. The third-order valence-corrected chi connectivity index (χ3v) is 4.57. The van der Waals surface area contributed by atoms with E-state index in [2.05, 4.69) is 10.6 Å². The molecule has 0 fully saturated rings. The van der Waals surface area contributed by atoms with Crippen molar-refractivity contribution in [3.05, 3.63) is 64.8 Å². The molecular weight excluding hydrogens is 332 g/mol. The first-order chi connectivity index (χ1) is 11.1. The van der Waals surface area contributed by atoms with Crippen LogP contribution in [0.2, 0.25) is 5.02 Å². The van der Waals surface area contributed by atoms with Crippen molar-refractivity contribution in [2.24, 2.45) is 0 Å².